The number of aliphatic hydroxyl groups is 1. The van der Waals surface area contributed by atoms with Gasteiger partial charge < -0.3 is 9.84 Å². The Morgan fingerprint density at radius 3 is 2.74 bits per heavy atom. The molecule has 0 aromatic heterocycles. The first-order valence-electron chi connectivity index (χ1n) is 5.60. The minimum Gasteiger partial charge on any atom is -0.394 e. The Labute approximate surface area is 120 Å². The van der Waals surface area contributed by atoms with E-state index >= 15 is 0 Å². The van der Waals surface area contributed by atoms with E-state index in [9.17, 15) is 12.8 Å². The first-order chi connectivity index (χ1) is 8.97. The van der Waals surface area contributed by atoms with E-state index in [4.69, 9.17) is 9.84 Å². The lowest BCUT2D eigenvalue weighted by Gasteiger charge is -2.08. The topological polar surface area (TPSA) is 75.6 Å². The molecule has 1 aromatic carbocycles. The number of hydrogen-bond donors (Lipinski definition) is 2. The summed E-state index contributed by atoms with van der Waals surface area (Å²) in [7, 11) is -3.85. The van der Waals surface area contributed by atoms with Crippen LogP contribution in [0.1, 0.15) is 6.42 Å². The van der Waals surface area contributed by atoms with Crippen LogP contribution in [-0.4, -0.2) is 39.9 Å². The molecule has 0 amide bonds. The number of rotatable bonds is 8. The minimum atomic E-state index is -3.85. The molecule has 2 N–H and O–H groups in total. The molecule has 0 saturated heterocycles. The van der Waals surface area contributed by atoms with Crippen molar-refractivity contribution >= 4 is 26.0 Å². The summed E-state index contributed by atoms with van der Waals surface area (Å²) in [5.41, 5.74) is 0. The Morgan fingerprint density at radius 2 is 2.11 bits per heavy atom. The van der Waals surface area contributed by atoms with Gasteiger partial charge in [0.1, 0.15) is 10.7 Å². The van der Waals surface area contributed by atoms with Crippen LogP contribution in [-0.2, 0) is 14.8 Å². The molecule has 0 aliphatic rings. The van der Waals surface area contributed by atoms with Crippen molar-refractivity contribution in [2.45, 2.75) is 11.3 Å². The van der Waals surface area contributed by atoms with Crippen molar-refractivity contribution in [2.75, 3.05) is 26.4 Å². The third kappa shape index (κ3) is 5.53. The lowest BCUT2D eigenvalue weighted by molar-refractivity contribution is 0.0913. The Kier molecular flexibility index (Phi) is 6.87. The Morgan fingerprint density at radius 1 is 1.37 bits per heavy atom. The highest BCUT2D eigenvalue weighted by atomic mass is 79.9. The highest BCUT2D eigenvalue weighted by Gasteiger charge is 2.18. The van der Waals surface area contributed by atoms with Gasteiger partial charge in [-0.2, -0.15) is 0 Å². The van der Waals surface area contributed by atoms with E-state index in [1.54, 1.807) is 0 Å². The lowest BCUT2D eigenvalue weighted by Crippen LogP contribution is -2.26. The summed E-state index contributed by atoms with van der Waals surface area (Å²) in [6.45, 7) is 0.610. The molecular weight excluding hydrogens is 341 g/mol. The van der Waals surface area contributed by atoms with Gasteiger partial charge in [0.15, 0.2) is 0 Å². The molecule has 19 heavy (non-hydrogen) atoms. The van der Waals surface area contributed by atoms with Crippen molar-refractivity contribution in [3.8, 4) is 0 Å². The summed E-state index contributed by atoms with van der Waals surface area (Å²) in [5.74, 6) is -0.807. The second kappa shape index (κ2) is 7.91. The van der Waals surface area contributed by atoms with Gasteiger partial charge in [0.2, 0.25) is 10.0 Å². The van der Waals surface area contributed by atoms with E-state index in [-0.39, 0.29) is 24.7 Å². The molecule has 0 radical (unpaired) electrons. The minimum absolute atomic E-state index is 0.0736. The van der Waals surface area contributed by atoms with Gasteiger partial charge >= 0.3 is 0 Å². The van der Waals surface area contributed by atoms with Gasteiger partial charge in [0, 0.05) is 17.6 Å². The Hall–Kier alpha value is -0.540. The molecule has 5 nitrogen and oxygen atoms in total. The maximum absolute atomic E-state index is 13.5. The van der Waals surface area contributed by atoms with Crippen LogP contribution in [0.4, 0.5) is 4.39 Å². The molecule has 0 unspecified atom stereocenters. The molecule has 0 spiro atoms. The van der Waals surface area contributed by atoms with Crippen LogP contribution >= 0.6 is 15.9 Å². The van der Waals surface area contributed by atoms with Crippen molar-refractivity contribution in [3.05, 3.63) is 28.5 Å². The molecule has 108 valence electrons. The Balaban J connectivity index is 2.52. The molecule has 0 aliphatic heterocycles. The highest BCUT2D eigenvalue weighted by Crippen LogP contribution is 2.19. The average Bonchev–Trinajstić information content (AvgIpc) is 2.33. The molecule has 0 fully saturated rings. The first-order valence-corrected chi connectivity index (χ1v) is 7.88. The van der Waals surface area contributed by atoms with E-state index < -0.39 is 15.8 Å². The van der Waals surface area contributed by atoms with Crippen molar-refractivity contribution in [1.29, 1.82) is 0 Å². The molecule has 0 aliphatic carbocycles. The summed E-state index contributed by atoms with van der Waals surface area (Å²) in [6.07, 6.45) is 0.442. The molecule has 8 heteroatoms. The summed E-state index contributed by atoms with van der Waals surface area (Å²) in [6, 6.07) is 3.75. The number of benzene rings is 1. The monoisotopic (exact) mass is 355 g/mol. The predicted molar refractivity (Wildman–Crippen MR) is 71.8 cm³/mol. The Bertz CT molecular complexity index is 509. The van der Waals surface area contributed by atoms with Gasteiger partial charge in [-0.25, -0.2) is 17.5 Å². The highest BCUT2D eigenvalue weighted by molar-refractivity contribution is 9.10. The zero-order valence-corrected chi connectivity index (χ0v) is 12.5. The van der Waals surface area contributed by atoms with Crippen LogP contribution < -0.4 is 4.72 Å². The second-order valence-corrected chi connectivity index (χ2v) is 6.31. The van der Waals surface area contributed by atoms with E-state index in [2.05, 4.69) is 20.7 Å². The zero-order chi connectivity index (χ0) is 14.3. The molecule has 1 aromatic rings. The van der Waals surface area contributed by atoms with Gasteiger partial charge in [-0.1, -0.05) is 15.9 Å². The van der Waals surface area contributed by atoms with Gasteiger partial charge in [-0.15, -0.1) is 0 Å². The average molecular weight is 356 g/mol. The fourth-order valence-corrected chi connectivity index (χ4v) is 2.78. The third-order valence-electron chi connectivity index (χ3n) is 2.18. The fraction of sp³-hybridized carbons (Fsp3) is 0.455. The SMILES string of the molecule is O=S(=O)(NCCCOCCO)c1ccc(Br)cc1F. The molecule has 0 bridgehead atoms. The summed E-state index contributed by atoms with van der Waals surface area (Å²) in [4.78, 5) is -0.382. The molecule has 0 saturated carbocycles. The largest absolute Gasteiger partial charge is 0.394 e. The van der Waals surface area contributed by atoms with Gasteiger partial charge in [0.25, 0.3) is 0 Å². The number of sulfonamides is 1. The van der Waals surface area contributed by atoms with Crippen LogP contribution in [0.25, 0.3) is 0 Å². The predicted octanol–water partition coefficient (Wildman–Crippen LogP) is 1.27. The summed E-state index contributed by atoms with van der Waals surface area (Å²) >= 11 is 3.06. The normalized spacial score (nSPS) is 11.7. The van der Waals surface area contributed by atoms with Crippen LogP contribution in [0.15, 0.2) is 27.6 Å². The molecule has 1 rings (SSSR count). The smallest absolute Gasteiger partial charge is 0.243 e. The van der Waals surface area contributed by atoms with E-state index in [0.29, 0.717) is 17.5 Å². The van der Waals surface area contributed by atoms with Gasteiger partial charge in [-0.05, 0) is 24.6 Å². The fourth-order valence-electron chi connectivity index (χ4n) is 1.32. The number of halogens is 2. The maximum Gasteiger partial charge on any atom is 0.243 e. The van der Waals surface area contributed by atoms with Gasteiger partial charge in [0.05, 0.1) is 13.2 Å². The molecule has 0 heterocycles. The number of ether oxygens (including phenoxy) is 1. The zero-order valence-electron chi connectivity index (χ0n) is 10.1. The summed E-state index contributed by atoms with van der Waals surface area (Å²) < 4.78 is 44.9. The van der Waals surface area contributed by atoms with E-state index in [1.165, 1.54) is 12.1 Å². The molecular formula is C11H15BrFNO4S. The van der Waals surface area contributed by atoms with Crippen molar-refractivity contribution in [2.24, 2.45) is 0 Å². The van der Waals surface area contributed by atoms with Crippen LogP contribution in [0, 0.1) is 5.82 Å². The van der Waals surface area contributed by atoms with E-state index in [0.717, 1.165) is 6.07 Å². The van der Waals surface area contributed by atoms with Crippen molar-refractivity contribution < 1.29 is 22.7 Å². The first kappa shape index (κ1) is 16.5. The maximum atomic E-state index is 13.5. The quantitative estimate of drug-likeness (QED) is 0.688. The molecule has 0 atom stereocenters. The van der Waals surface area contributed by atoms with Gasteiger partial charge in [-0.3, -0.25) is 0 Å². The van der Waals surface area contributed by atoms with Crippen LogP contribution in [0.5, 0.6) is 0 Å². The van der Waals surface area contributed by atoms with Crippen LogP contribution in [0.3, 0.4) is 0 Å². The second-order valence-electron chi connectivity index (χ2n) is 3.66. The number of nitrogens with one attached hydrogen (secondary N) is 1. The van der Waals surface area contributed by atoms with E-state index in [1.807, 2.05) is 0 Å². The van der Waals surface area contributed by atoms with Crippen molar-refractivity contribution in [3.63, 3.8) is 0 Å². The summed E-state index contributed by atoms with van der Waals surface area (Å²) in [5, 5.41) is 8.47. The third-order valence-corrected chi connectivity index (χ3v) is 4.16. The lowest BCUT2D eigenvalue weighted by atomic mass is 10.3. The standard InChI is InChI=1S/C11H15BrFNO4S/c12-9-2-3-11(10(13)8-9)19(16,17)14-4-1-6-18-7-5-15/h2-3,8,14-15H,1,4-7H2. The van der Waals surface area contributed by atoms with Crippen LogP contribution in [0.2, 0.25) is 0 Å². The van der Waals surface area contributed by atoms with Crippen molar-refractivity contribution in [1.82, 2.24) is 4.72 Å². The number of aliphatic hydroxyl groups excluding tert-OH is 1. The number of hydrogen-bond acceptors (Lipinski definition) is 4.